The summed E-state index contributed by atoms with van der Waals surface area (Å²) in [5.41, 5.74) is 7.33. The maximum atomic E-state index is 11.3. The molecule has 0 aliphatic carbocycles. The molecule has 0 aromatic heterocycles. The number of nitrogens with zero attached hydrogens (tertiary/aromatic N) is 2. The predicted molar refractivity (Wildman–Crippen MR) is 60.3 cm³/mol. The number of hydrogen-bond donors (Lipinski definition) is 1. The Kier molecular flexibility index (Phi) is 2.04. The number of fused-ring (bicyclic) bond motifs is 1. The molecule has 0 fully saturated rings. The quantitative estimate of drug-likeness (QED) is 0.795. The second kappa shape index (κ2) is 3.55. The van der Waals surface area contributed by atoms with E-state index in [4.69, 9.17) is 10.5 Å². The minimum Gasteiger partial charge on any atom is -0.458 e. The molecule has 1 aromatic carbocycles. The summed E-state index contributed by atoms with van der Waals surface area (Å²) < 4.78 is 5.66. The molecule has 3 rings (SSSR count). The topological polar surface area (TPSA) is 77.0 Å². The standard InChI is InChI=1S/C12H9N3O2/c13-12(16)8-3-1-2-7-6-10(17-11(7)8)9-4-5-14-15-9/h1-5H,6H2,(H2,13,16)/b10-9-. The monoisotopic (exact) mass is 227 g/mol. The molecule has 0 radical (unpaired) electrons. The van der Waals surface area contributed by atoms with E-state index in [2.05, 4.69) is 10.2 Å². The number of amides is 1. The van der Waals surface area contributed by atoms with Gasteiger partial charge < -0.3 is 10.5 Å². The molecule has 2 aliphatic heterocycles. The second-order valence-electron chi connectivity index (χ2n) is 3.78. The van der Waals surface area contributed by atoms with Gasteiger partial charge in [0.2, 0.25) is 0 Å². The lowest BCUT2D eigenvalue weighted by atomic mass is 10.1. The number of nitrogens with two attached hydrogens (primary N) is 1. The van der Waals surface area contributed by atoms with Crippen molar-refractivity contribution in [3.05, 3.63) is 53.1 Å². The van der Waals surface area contributed by atoms with E-state index in [0.717, 1.165) is 5.56 Å². The summed E-state index contributed by atoms with van der Waals surface area (Å²) in [5, 5.41) is 7.67. The number of carbonyl (C=O) groups excluding carboxylic acids is 1. The van der Waals surface area contributed by atoms with Crippen LogP contribution in [0.5, 0.6) is 5.75 Å². The van der Waals surface area contributed by atoms with Crippen LogP contribution in [0.15, 0.2) is 52.2 Å². The molecule has 0 saturated heterocycles. The van der Waals surface area contributed by atoms with Gasteiger partial charge in [-0.25, -0.2) is 0 Å². The molecule has 0 atom stereocenters. The van der Waals surface area contributed by atoms with Gasteiger partial charge >= 0.3 is 0 Å². The number of rotatable bonds is 1. The Balaban J connectivity index is 2.07. The van der Waals surface area contributed by atoms with Crippen LogP contribution in [0, 0.1) is 0 Å². The third-order valence-electron chi connectivity index (χ3n) is 2.69. The predicted octanol–water partition coefficient (Wildman–Crippen LogP) is 1.91. The zero-order valence-electron chi connectivity index (χ0n) is 8.88. The molecule has 1 aromatic rings. The minimum absolute atomic E-state index is 0.400. The van der Waals surface area contributed by atoms with Crippen LogP contribution in [-0.2, 0) is 6.42 Å². The van der Waals surface area contributed by atoms with E-state index in [9.17, 15) is 4.79 Å². The van der Waals surface area contributed by atoms with Gasteiger partial charge in [-0.05, 0) is 12.1 Å². The Morgan fingerprint density at radius 1 is 1.41 bits per heavy atom. The van der Waals surface area contributed by atoms with Crippen molar-refractivity contribution in [3.63, 3.8) is 0 Å². The third-order valence-corrected chi connectivity index (χ3v) is 2.69. The van der Waals surface area contributed by atoms with Crippen LogP contribution < -0.4 is 10.5 Å². The van der Waals surface area contributed by atoms with Crippen LogP contribution in [0.1, 0.15) is 15.9 Å². The summed E-state index contributed by atoms with van der Waals surface area (Å²) in [7, 11) is 0. The van der Waals surface area contributed by atoms with Crippen molar-refractivity contribution in [2.45, 2.75) is 6.42 Å². The Labute approximate surface area is 97.3 Å². The van der Waals surface area contributed by atoms with E-state index in [-0.39, 0.29) is 0 Å². The highest BCUT2D eigenvalue weighted by molar-refractivity contribution is 5.96. The van der Waals surface area contributed by atoms with Gasteiger partial charge in [0.05, 0.1) is 11.8 Å². The molecule has 84 valence electrons. The molecule has 17 heavy (non-hydrogen) atoms. The van der Waals surface area contributed by atoms with E-state index in [1.54, 1.807) is 24.4 Å². The van der Waals surface area contributed by atoms with Gasteiger partial charge in [0.25, 0.3) is 5.91 Å². The highest BCUT2D eigenvalue weighted by Gasteiger charge is 2.25. The van der Waals surface area contributed by atoms with Gasteiger partial charge in [-0.2, -0.15) is 5.11 Å². The van der Waals surface area contributed by atoms with Crippen molar-refractivity contribution in [2.75, 3.05) is 0 Å². The zero-order chi connectivity index (χ0) is 11.8. The van der Waals surface area contributed by atoms with Crippen molar-refractivity contribution < 1.29 is 9.53 Å². The molecule has 5 heteroatoms. The molecular weight excluding hydrogens is 218 g/mol. The van der Waals surface area contributed by atoms with E-state index in [1.807, 2.05) is 6.07 Å². The fraction of sp³-hybridized carbons (Fsp3) is 0.0833. The number of carbonyl (C=O) groups is 1. The first-order chi connectivity index (χ1) is 8.25. The Hall–Kier alpha value is -2.43. The van der Waals surface area contributed by atoms with Crippen molar-refractivity contribution in [3.8, 4) is 5.75 Å². The van der Waals surface area contributed by atoms with E-state index >= 15 is 0 Å². The summed E-state index contributed by atoms with van der Waals surface area (Å²) >= 11 is 0. The number of ether oxygens (including phenoxy) is 1. The lowest BCUT2D eigenvalue weighted by Gasteiger charge is -2.04. The van der Waals surface area contributed by atoms with Gasteiger partial charge in [0.1, 0.15) is 17.2 Å². The summed E-state index contributed by atoms with van der Waals surface area (Å²) in [6, 6.07) is 5.35. The number of allylic oxidation sites excluding steroid dienone is 2. The van der Waals surface area contributed by atoms with Crippen molar-refractivity contribution >= 4 is 5.91 Å². The van der Waals surface area contributed by atoms with Crippen molar-refractivity contribution in [1.82, 2.24) is 0 Å². The molecule has 5 nitrogen and oxygen atoms in total. The highest BCUT2D eigenvalue weighted by atomic mass is 16.5. The summed E-state index contributed by atoms with van der Waals surface area (Å²) in [6.07, 6.45) is 3.98. The average Bonchev–Trinajstić information content (AvgIpc) is 2.96. The summed E-state index contributed by atoms with van der Waals surface area (Å²) in [4.78, 5) is 11.3. The Morgan fingerprint density at radius 3 is 3.00 bits per heavy atom. The molecule has 0 bridgehead atoms. The van der Waals surface area contributed by atoms with E-state index < -0.39 is 5.91 Å². The first kappa shape index (κ1) is 9.77. The van der Waals surface area contributed by atoms with Crippen LogP contribution in [0.3, 0.4) is 0 Å². The highest BCUT2D eigenvalue weighted by Crippen LogP contribution is 2.36. The van der Waals surface area contributed by atoms with Crippen LogP contribution in [0.4, 0.5) is 0 Å². The fourth-order valence-electron chi connectivity index (χ4n) is 1.90. The molecule has 2 N–H and O–H groups in total. The maximum absolute atomic E-state index is 11.3. The summed E-state index contributed by atoms with van der Waals surface area (Å²) in [6.45, 7) is 0. The maximum Gasteiger partial charge on any atom is 0.252 e. The molecule has 1 amide bonds. The first-order valence-corrected chi connectivity index (χ1v) is 5.16. The number of primary amides is 1. The van der Waals surface area contributed by atoms with Gasteiger partial charge in [-0.15, -0.1) is 5.11 Å². The second-order valence-corrected chi connectivity index (χ2v) is 3.78. The Morgan fingerprint density at radius 2 is 2.29 bits per heavy atom. The molecular formula is C12H9N3O2. The fourth-order valence-corrected chi connectivity index (χ4v) is 1.90. The minimum atomic E-state index is -0.489. The van der Waals surface area contributed by atoms with Crippen LogP contribution in [0.2, 0.25) is 0 Å². The first-order valence-electron chi connectivity index (χ1n) is 5.16. The largest absolute Gasteiger partial charge is 0.458 e. The molecule has 0 saturated carbocycles. The lowest BCUT2D eigenvalue weighted by Crippen LogP contribution is -2.12. The molecule has 2 aliphatic rings. The van der Waals surface area contributed by atoms with Gasteiger partial charge in [-0.3, -0.25) is 4.79 Å². The summed E-state index contributed by atoms with van der Waals surface area (Å²) in [5.74, 6) is 0.751. The SMILES string of the molecule is NC(=O)c1cccc2c1O/C(=C1/C=CN=N1)C2. The van der Waals surface area contributed by atoms with Crippen molar-refractivity contribution in [2.24, 2.45) is 16.0 Å². The van der Waals surface area contributed by atoms with Gasteiger partial charge in [0, 0.05) is 12.0 Å². The molecule has 2 heterocycles. The molecule has 0 spiro atoms. The van der Waals surface area contributed by atoms with E-state index in [0.29, 0.717) is 29.2 Å². The average molecular weight is 227 g/mol. The Bertz CT molecular complexity index is 586. The number of hydrogen-bond acceptors (Lipinski definition) is 4. The lowest BCUT2D eigenvalue weighted by molar-refractivity contribution is 0.0998. The number of azo groups is 1. The van der Waals surface area contributed by atoms with Crippen molar-refractivity contribution in [1.29, 1.82) is 0 Å². The number of para-hydroxylation sites is 1. The smallest absolute Gasteiger partial charge is 0.252 e. The van der Waals surface area contributed by atoms with Gasteiger partial charge in [-0.1, -0.05) is 12.1 Å². The normalized spacial score (nSPS) is 20.5. The van der Waals surface area contributed by atoms with Crippen LogP contribution >= 0.6 is 0 Å². The van der Waals surface area contributed by atoms with Gasteiger partial charge in [0.15, 0.2) is 0 Å². The van der Waals surface area contributed by atoms with E-state index in [1.165, 1.54) is 0 Å². The zero-order valence-corrected chi connectivity index (χ0v) is 8.88. The molecule has 0 unspecified atom stereocenters. The number of benzene rings is 1. The van der Waals surface area contributed by atoms with Crippen LogP contribution in [-0.4, -0.2) is 5.91 Å². The third kappa shape index (κ3) is 1.52. The van der Waals surface area contributed by atoms with Crippen LogP contribution in [0.25, 0.3) is 0 Å².